The summed E-state index contributed by atoms with van der Waals surface area (Å²) in [5, 5.41) is 6.60. The maximum absolute atomic E-state index is 13.7. The van der Waals surface area contributed by atoms with Crippen LogP contribution in [0.4, 0.5) is 13.6 Å². The monoisotopic (exact) mass is 610 g/mol. The zero-order valence-corrected chi connectivity index (χ0v) is 25.3. The van der Waals surface area contributed by atoms with E-state index in [4.69, 9.17) is 9.47 Å². The summed E-state index contributed by atoms with van der Waals surface area (Å²) in [6.45, 7) is 5.80. The first kappa shape index (κ1) is 31.4. The Kier molecular flexibility index (Phi) is 9.38. The van der Waals surface area contributed by atoms with Gasteiger partial charge in [0, 0.05) is 55.9 Å². The number of halogens is 3. The lowest BCUT2D eigenvalue weighted by Gasteiger charge is -2.45. The van der Waals surface area contributed by atoms with Gasteiger partial charge in [-0.15, -0.1) is 12.4 Å². The number of nitrogens with zero attached hydrogens (tertiary/aromatic N) is 2. The van der Waals surface area contributed by atoms with E-state index >= 15 is 0 Å². The first-order valence-electron chi connectivity index (χ1n) is 15.3. The number of hydrogen-bond donors (Lipinski definition) is 2. The van der Waals surface area contributed by atoms with Crippen molar-refractivity contribution in [2.24, 2.45) is 11.3 Å². The van der Waals surface area contributed by atoms with Crippen LogP contribution in [-0.2, 0) is 14.3 Å². The SMILES string of the molecule is CC1(CN2CC3(CC4CCC(C3)N4CC[C@H](NC(=O)C3CCC(F)(F)CC3)c3ccccc3)NC2=O)COCOC1.Cl. The molecule has 4 saturated heterocycles. The molecule has 5 fully saturated rings. The van der Waals surface area contributed by atoms with Gasteiger partial charge in [-0.2, -0.15) is 0 Å². The minimum absolute atomic E-state index is 0. The van der Waals surface area contributed by atoms with Gasteiger partial charge in [-0.05, 0) is 50.5 Å². The molecule has 1 spiro atoms. The van der Waals surface area contributed by atoms with Gasteiger partial charge in [0.2, 0.25) is 11.8 Å². The van der Waals surface area contributed by atoms with Crippen LogP contribution in [0.1, 0.15) is 76.3 Å². The van der Waals surface area contributed by atoms with Gasteiger partial charge in [0.25, 0.3) is 0 Å². The molecule has 2 unspecified atom stereocenters. The number of fused-ring (bicyclic) bond motifs is 2. The molecule has 3 amide bonds. The van der Waals surface area contributed by atoms with Crippen molar-refractivity contribution in [3.8, 4) is 0 Å². The molecule has 5 aliphatic rings. The van der Waals surface area contributed by atoms with Crippen LogP contribution in [0.2, 0.25) is 0 Å². The lowest BCUT2D eigenvalue weighted by molar-refractivity contribution is -0.162. The maximum Gasteiger partial charge on any atom is 0.317 e. The second-order valence-electron chi connectivity index (χ2n) is 13.6. The van der Waals surface area contributed by atoms with Gasteiger partial charge in [-0.3, -0.25) is 9.69 Å². The number of rotatable bonds is 8. The number of alkyl halides is 2. The number of carbonyl (C=O) groups is 2. The number of urea groups is 1. The van der Waals surface area contributed by atoms with Gasteiger partial charge >= 0.3 is 6.03 Å². The lowest BCUT2D eigenvalue weighted by Crippen LogP contribution is -2.57. The summed E-state index contributed by atoms with van der Waals surface area (Å²) in [7, 11) is 0. The third-order valence-electron chi connectivity index (χ3n) is 10.1. The summed E-state index contributed by atoms with van der Waals surface area (Å²) in [6, 6.07) is 10.6. The predicted molar refractivity (Wildman–Crippen MR) is 157 cm³/mol. The molecule has 4 heterocycles. The predicted octanol–water partition coefficient (Wildman–Crippen LogP) is 4.88. The molecule has 2 N–H and O–H groups in total. The first-order valence-corrected chi connectivity index (χ1v) is 15.3. The van der Waals surface area contributed by atoms with Gasteiger partial charge in [0.15, 0.2) is 0 Å². The van der Waals surface area contributed by atoms with Gasteiger partial charge in [-0.1, -0.05) is 37.3 Å². The molecule has 2 bridgehead atoms. The standard InChI is InChI=1S/C31H44F2N4O4.ClH/c1-29(19-40-21-41-20-29)17-36-18-30(35-28(36)39)15-24-7-8-25(16-30)37(24)14-11-26(22-5-3-2-4-6-22)34-27(38)23-9-12-31(32,33)13-10-23;/h2-6,23-26H,7-21H2,1H3,(H,34,38)(H,35,39);1H/t24?,25?,26-,30?;/m0./s1. The molecular formula is C31H45ClF2N4O4. The van der Waals surface area contributed by atoms with Gasteiger partial charge in [0.05, 0.1) is 24.8 Å². The fourth-order valence-corrected chi connectivity index (χ4v) is 8.05. The van der Waals surface area contributed by atoms with Crippen molar-refractivity contribution in [3.63, 3.8) is 0 Å². The molecule has 8 nitrogen and oxygen atoms in total. The smallest absolute Gasteiger partial charge is 0.317 e. The quantitative estimate of drug-likeness (QED) is 0.438. The number of nitrogens with one attached hydrogen (secondary N) is 2. The molecule has 1 aromatic carbocycles. The molecule has 234 valence electrons. The van der Waals surface area contributed by atoms with E-state index in [2.05, 4.69) is 22.5 Å². The second-order valence-corrected chi connectivity index (χ2v) is 13.6. The van der Waals surface area contributed by atoms with Crippen LogP contribution in [0.3, 0.4) is 0 Å². The summed E-state index contributed by atoms with van der Waals surface area (Å²) in [4.78, 5) is 30.8. The third kappa shape index (κ3) is 6.87. The molecule has 3 atom stereocenters. The average Bonchev–Trinajstić information content (AvgIpc) is 3.37. The number of piperidine rings is 1. The Labute approximate surface area is 253 Å². The number of amides is 3. The van der Waals surface area contributed by atoms with E-state index < -0.39 is 5.92 Å². The van der Waals surface area contributed by atoms with Crippen LogP contribution in [0, 0.1) is 11.3 Å². The van der Waals surface area contributed by atoms with Crippen molar-refractivity contribution in [2.75, 3.05) is 39.6 Å². The molecular weight excluding hydrogens is 566 g/mol. The Morgan fingerprint density at radius 2 is 1.71 bits per heavy atom. The molecule has 6 rings (SSSR count). The maximum atomic E-state index is 13.7. The Morgan fingerprint density at radius 3 is 2.36 bits per heavy atom. The second kappa shape index (κ2) is 12.5. The number of hydrogen-bond acceptors (Lipinski definition) is 5. The van der Waals surface area contributed by atoms with Gasteiger partial charge in [0.1, 0.15) is 6.79 Å². The minimum Gasteiger partial charge on any atom is -0.355 e. The molecule has 0 aromatic heterocycles. The lowest BCUT2D eigenvalue weighted by atomic mass is 9.82. The van der Waals surface area contributed by atoms with Crippen molar-refractivity contribution < 1.29 is 27.8 Å². The van der Waals surface area contributed by atoms with E-state index in [1.807, 2.05) is 35.2 Å². The van der Waals surface area contributed by atoms with E-state index in [1.54, 1.807) is 0 Å². The molecule has 11 heteroatoms. The largest absolute Gasteiger partial charge is 0.355 e. The Bertz CT molecular complexity index is 1080. The average molecular weight is 611 g/mol. The molecule has 1 aromatic rings. The molecule has 1 saturated carbocycles. The fourth-order valence-electron chi connectivity index (χ4n) is 8.05. The fraction of sp³-hybridized carbons (Fsp3) is 0.742. The minimum atomic E-state index is -2.65. The molecule has 42 heavy (non-hydrogen) atoms. The highest BCUT2D eigenvalue weighted by molar-refractivity contribution is 5.85. The topological polar surface area (TPSA) is 83.1 Å². The van der Waals surface area contributed by atoms with Crippen molar-refractivity contribution in [2.45, 2.75) is 94.3 Å². The summed E-state index contributed by atoms with van der Waals surface area (Å²) in [6.07, 6.45) is 4.88. The number of carbonyl (C=O) groups excluding carboxylic acids is 2. The molecule has 0 radical (unpaired) electrons. The van der Waals surface area contributed by atoms with Gasteiger partial charge in [-0.25, -0.2) is 13.6 Å². The van der Waals surface area contributed by atoms with Crippen molar-refractivity contribution in [1.82, 2.24) is 20.4 Å². The highest BCUT2D eigenvalue weighted by atomic mass is 35.5. The van der Waals surface area contributed by atoms with Crippen LogP contribution in [0.15, 0.2) is 30.3 Å². The summed E-state index contributed by atoms with van der Waals surface area (Å²) in [5.74, 6) is -3.10. The number of ether oxygens (including phenoxy) is 2. The van der Waals surface area contributed by atoms with E-state index in [1.165, 1.54) is 0 Å². The van der Waals surface area contributed by atoms with Gasteiger partial charge < -0.3 is 25.0 Å². The molecule has 1 aliphatic carbocycles. The highest BCUT2D eigenvalue weighted by Crippen LogP contribution is 2.44. The highest BCUT2D eigenvalue weighted by Gasteiger charge is 2.53. The summed E-state index contributed by atoms with van der Waals surface area (Å²) < 4.78 is 38.4. The van der Waals surface area contributed by atoms with E-state index in [0.29, 0.717) is 45.2 Å². The first-order chi connectivity index (χ1) is 19.6. The summed E-state index contributed by atoms with van der Waals surface area (Å²) >= 11 is 0. The van der Waals surface area contributed by atoms with Crippen molar-refractivity contribution in [1.29, 1.82) is 0 Å². The molecule has 4 aliphatic heterocycles. The van der Waals surface area contributed by atoms with Crippen LogP contribution in [-0.4, -0.2) is 84.9 Å². The van der Waals surface area contributed by atoms with Crippen LogP contribution in [0.25, 0.3) is 0 Å². The normalized spacial score (nSPS) is 31.4. The number of benzene rings is 1. The Hall–Kier alpha value is -2.01. The van der Waals surface area contributed by atoms with Crippen LogP contribution >= 0.6 is 12.4 Å². The van der Waals surface area contributed by atoms with E-state index in [-0.39, 0.29) is 72.9 Å². The third-order valence-corrected chi connectivity index (χ3v) is 10.1. The zero-order valence-electron chi connectivity index (χ0n) is 24.5. The van der Waals surface area contributed by atoms with Crippen molar-refractivity contribution >= 4 is 24.3 Å². The van der Waals surface area contributed by atoms with Crippen molar-refractivity contribution in [3.05, 3.63) is 35.9 Å². The Morgan fingerprint density at radius 1 is 1.07 bits per heavy atom. The summed E-state index contributed by atoms with van der Waals surface area (Å²) in [5.41, 5.74) is 0.643. The van der Waals surface area contributed by atoms with Crippen LogP contribution in [0.5, 0.6) is 0 Å². The van der Waals surface area contributed by atoms with Crippen LogP contribution < -0.4 is 10.6 Å². The van der Waals surface area contributed by atoms with E-state index in [0.717, 1.165) is 44.2 Å². The Balaban J connectivity index is 0.00000353. The zero-order chi connectivity index (χ0) is 28.7. The van der Waals surface area contributed by atoms with E-state index in [9.17, 15) is 18.4 Å².